The summed E-state index contributed by atoms with van der Waals surface area (Å²) in [5, 5.41) is 2.59. The maximum absolute atomic E-state index is 14.8. The molecule has 4 aromatic carbocycles. The Morgan fingerprint density at radius 1 is 0.880 bits per heavy atom. The van der Waals surface area contributed by atoms with Crippen molar-refractivity contribution < 1.29 is 23.1 Å². The average Bonchev–Trinajstić information content (AvgIpc) is 3.38. The van der Waals surface area contributed by atoms with E-state index in [1.165, 1.54) is 12.3 Å². The molecule has 50 heavy (non-hydrogen) atoms. The van der Waals surface area contributed by atoms with Gasteiger partial charge in [0.25, 0.3) is 11.8 Å². The zero-order valence-electron chi connectivity index (χ0n) is 27.5. The van der Waals surface area contributed by atoms with Crippen molar-refractivity contribution in [2.24, 2.45) is 0 Å². The number of aromatic nitrogens is 1. The van der Waals surface area contributed by atoms with Crippen molar-refractivity contribution in [3.63, 3.8) is 0 Å². The number of amides is 2. The number of hydrogen-bond acceptors (Lipinski definition) is 5. The van der Waals surface area contributed by atoms with Gasteiger partial charge in [0.2, 0.25) is 5.43 Å². The maximum Gasteiger partial charge on any atom is 0.276 e. The summed E-state index contributed by atoms with van der Waals surface area (Å²) in [6.07, 6.45) is 2.01. The number of nitrogens with zero attached hydrogens (tertiary/aromatic N) is 3. The number of hydrogen-bond donors (Lipinski definition) is 1. The molecule has 0 radical (unpaired) electrons. The van der Waals surface area contributed by atoms with Crippen molar-refractivity contribution >= 4 is 11.8 Å². The molecular weight excluding hydrogens is 638 g/mol. The van der Waals surface area contributed by atoms with Crippen LogP contribution < -0.4 is 15.5 Å². The predicted octanol–water partition coefficient (Wildman–Crippen LogP) is 5.93. The molecule has 254 valence electrons. The van der Waals surface area contributed by atoms with Crippen LogP contribution in [0.5, 0.6) is 5.75 Å². The monoisotopic (exact) mass is 674 g/mol. The molecule has 0 spiro atoms. The molecule has 1 saturated heterocycles. The Bertz CT molecular complexity index is 2090. The summed E-state index contributed by atoms with van der Waals surface area (Å²) in [6, 6.07) is 32.1. The van der Waals surface area contributed by atoms with Gasteiger partial charge in [0.15, 0.2) is 11.4 Å². The molecule has 0 aliphatic carbocycles. The summed E-state index contributed by atoms with van der Waals surface area (Å²) in [4.78, 5) is 46.7. The highest BCUT2D eigenvalue weighted by molar-refractivity contribution is 6.00. The lowest BCUT2D eigenvalue weighted by Crippen LogP contribution is -2.61. The third-order valence-corrected chi connectivity index (χ3v) is 9.58. The quantitative estimate of drug-likeness (QED) is 0.199. The Kier molecular flexibility index (Phi) is 9.03. The number of carbonyl (C=O) groups excluding carboxylic acids is 2. The topological polar surface area (TPSA) is 83.9 Å². The van der Waals surface area contributed by atoms with Gasteiger partial charge in [-0.15, -0.1) is 0 Å². The van der Waals surface area contributed by atoms with E-state index in [0.717, 1.165) is 28.8 Å². The molecule has 3 heterocycles. The fraction of sp³-hybridized carbons (Fsp3) is 0.225. The number of carbonyl (C=O) groups is 2. The van der Waals surface area contributed by atoms with Crippen LogP contribution >= 0.6 is 0 Å². The fourth-order valence-corrected chi connectivity index (χ4v) is 7.10. The predicted molar refractivity (Wildman–Crippen MR) is 184 cm³/mol. The first-order valence-corrected chi connectivity index (χ1v) is 16.5. The number of pyridine rings is 1. The molecule has 0 unspecified atom stereocenters. The summed E-state index contributed by atoms with van der Waals surface area (Å²) in [5.41, 5.74) is 1.26. The van der Waals surface area contributed by atoms with Gasteiger partial charge in [-0.1, -0.05) is 97.1 Å². The fourth-order valence-electron chi connectivity index (χ4n) is 7.10. The number of benzene rings is 4. The van der Waals surface area contributed by atoms with Crippen LogP contribution in [0, 0.1) is 11.6 Å². The van der Waals surface area contributed by atoms with Crippen LogP contribution in [0.15, 0.2) is 120 Å². The van der Waals surface area contributed by atoms with Crippen LogP contribution in [0.4, 0.5) is 8.78 Å². The van der Waals surface area contributed by atoms with Crippen molar-refractivity contribution in [2.45, 2.75) is 51.3 Å². The Morgan fingerprint density at radius 2 is 1.52 bits per heavy atom. The van der Waals surface area contributed by atoms with Crippen LogP contribution in [0.3, 0.4) is 0 Å². The largest absolute Gasteiger partial charge is 0.483 e. The molecule has 2 aliphatic heterocycles. The molecule has 10 heteroatoms. The van der Waals surface area contributed by atoms with Gasteiger partial charge in [0.1, 0.15) is 29.5 Å². The van der Waals surface area contributed by atoms with E-state index >= 15 is 0 Å². The first-order valence-electron chi connectivity index (χ1n) is 16.5. The minimum absolute atomic E-state index is 0.00688. The second kappa shape index (κ2) is 13.7. The molecule has 7 rings (SSSR count). The average molecular weight is 675 g/mol. The summed E-state index contributed by atoms with van der Waals surface area (Å²) >= 11 is 0. The second-order valence-corrected chi connectivity index (χ2v) is 13.0. The first-order chi connectivity index (χ1) is 24.2. The smallest absolute Gasteiger partial charge is 0.276 e. The van der Waals surface area contributed by atoms with Gasteiger partial charge in [-0.05, 0) is 36.1 Å². The van der Waals surface area contributed by atoms with E-state index in [1.54, 1.807) is 4.57 Å². The van der Waals surface area contributed by atoms with E-state index in [4.69, 9.17) is 4.74 Å². The van der Waals surface area contributed by atoms with Crippen molar-refractivity contribution in [3.8, 4) is 5.75 Å². The van der Waals surface area contributed by atoms with Gasteiger partial charge >= 0.3 is 0 Å². The summed E-state index contributed by atoms with van der Waals surface area (Å²) < 4.78 is 35.7. The number of halogens is 2. The van der Waals surface area contributed by atoms with E-state index < -0.39 is 28.6 Å². The van der Waals surface area contributed by atoms with E-state index in [1.807, 2.05) is 90.7 Å². The standard InChI is InChI=1S/C40H36F2N4O4/c1-40-26-44-24-33(38(48)43-21-30-17-18-31(41)20-34(30)42)36(47)37(50-25-29-15-9-4-10-16-29)35(44)39(49)46(40)32(19-27-11-5-2-6-12-27)23-45(40)22-28-13-7-3-8-14-28/h2-18,20,24,32H,19,21-23,25-26H2,1H3,(H,43,48)/t32-,40-/m0/s1. The minimum atomic E-state index is -0.823. The first kappa shape index (κ1) is 32.9. The highest BCUT2D eigenvalue weighted by Crippen LogP contribution is 2.41. The van der Waals surface area contributed by atoms with E-state index in [9.17, 15) is 23.2 Å². The van der Waals surface area contributed by atoms with E-state index in [-0.39, 0.29) is 54.2 Å². The lowest BCUT2D eigenvalue weighted by atomic mass is 10.00. The van der Waals surface area contributed by atoms with Crippen LogP contribution in [0.25, 0.3) is 0 Å². The number of ether oxygens (including phenoxy) is 1. The SMILES string of the molecule is C[C@@]12Cn3cc(C(=O)NCc4ccc(F)cc4F)c(=O)c(OCc4ccccc4)c3C(=O)N1[C@@H](Cc1ccccc1)CN2Cc1ccccc1. The lowest BCUT2D eigenvalue weighted by Gasteiger charge is -2.46. The van der Waals surface area contributed by atoms with Gasteiger partial charge in [-0.2, -0.15) is 0 Å². The maximum atomic E-state index is 14.8. The molecule has 1 aromatic heterocycles. The molecule has 1 N–H and O–H groups in total. The van der Waals surface area contributed by atoms with Crippen LogP contribution in [-0.2, 0) is 32.7 Å². The van der Waals surface area contributed by atoms with Gasteiger partial charge in [0.05, 0.1) is 12.6 Å². The van der Waals surface area contributed by atoms with Gasteiger partial charge < -0.3 is 19.5 Å². The van der Waals surface area contributed by atoms with Crippen molar-refractivity contribution in [2.75, 3.05) is 6.54 Å². The molecule has 2 atom stereocenters. The molecule has 8 nitrogen and oxygen atoms in total. The van der Waals surface area contributed by atoms with E-state index in [2.05, 4.69) is 22.3 Å². The molecular formula is C40H36F2N4O4. The zero-order valence-corrected chi connectivity index (χ0v) is 27.5. The Hall–Kier alpha value is -5.61. The third-order valence-electron chi connectivity index (χ3n) is 9.58. The Morgan fingerprint density at radius 3 is 2.18 bits per heavy atom. The normalized spacial score (nSPS) is 18.4. The lowest BCUT2D eigenvalue weighted by molar-refractivity contribution is -0.00785. The van der Waals surface area contributed by atoms with E-state index in [0.29, 0.717) is 19.5 Å². The molecule has 0 saturated carbocycles. The molecule has 0 bridgehead atoms. The van der Waals surface area contributed by atoms with Gasteiger partial charge in [-0.25, -0.2) is 8.78 Å². The molecule has 1 fully saturated rings. The Balaban J connectivity index is 1.29. The van der Waals surface area contributed by atoms with Crippen LogP contribution in [0.1, 0.15) is 50.0 Å². The Labute approximate surface area is 288 Å². The molecule has 2 aliphatic rings. The number of rotatable bonds is 10. The van der Waals surface area contributed by atoms with Crippen molar-refractivity contribution in [1.29, 1.82) is 0 Å². The number of nitrogens with one attached hydrogen (secondary N) is 1. The van der Waals surface area contributed by atoms with Gasteiger partial charge in [-0.3, -0.25) is 19.3 Å². The highest BCUT2D eigenvalue weighted by atomic mass is 19.1. The minimum Gasteiger partial charge on any atom is -0.483 e. The van der Waals surface area contributed by atoms with Crippen LogP contribution in [0.2, 0.25) is 0 Å². The number of fused-ring (bicyclic) bond motifs is 2. The van der Waals surface area contributed by atoms with Crippen molar-refractivity contribution in [1.82, 2.24) is 19.7 Å². The zero-order chi connectivity index (χ0) is 34.8. The van der Waals surface area contributed by atoms with Crippen molar-refractivity contribution in [3.05, 3.63) is 171 Å². The summed E-state index contributed by atoms with van der Waals surface area (Å²) in [5.74, 6) is -2.91. The highest BCUT2D eigenvalue weighted by Gasteiger charge is 2.55. The van der Waals surface area contributed by atoms with Crippen LogP contribution in [-0.4, -0.2) is 44.4 Å². The van der Waals surface area contributed by atoms with Gasteiger partial charge in [0, 0.05) is 37.5 Å². The third kappa shape index (κ3) is 6.42. The molecule has 2 amide bonds. The summed E-state index contributed by atoms with van der Waals surface area (Å²) in [6.45, 7) is 3.15. The molecule has 5 aromatic rings. The second-order valence-electron chi connectivity index (χ2n) is 13.0. The summed E-state index contributed by atoms with van der Waals surface area (Å²) in [7, 11) is 0.